The van der Waals surface area contributed by atoms with E-state index in [1.54, 1.807) is 0 Å². The maximum Gasteiger partial charge on any atom is 0.140 e. The second-order valence-electron chi connectivity index (χ2n) is 9.12. The minimum absolute atomic E-state index is 0.149. The molecule has 0 aromatic heterocycles. The Balaban J connectivity index is 3.20. The largest absolute Gasteiger partial charge is 0.299 e. The summed E-state index contributed by atoms with van der Waals surface area (Å²) in [5.41, 5.74) is 0. The number of ketones is 2. The van der Waals surface area contributed by atoms with Crippen LogP contribution in [0, 0.1) is 0 Å². The fourth-order valence-corrected chi connectivity index (χ4v) is 4.02. The topological polar surface area (TPSA) is 34.1 Å². The number of rotatable bonds is 24. The van der Waals surface area contributed by atoms with Gasteiger partial charge in [0.25, 0.3) is 0 Å². The van der Waals surface area contributed by atoms with Crippen LogP contribution in [0.4, 0.5) is 0 Å². The molecule has 0 amide bonds. The van der Waals surface area contributed by atoms with Crippen LogP contribution in [0.3, 0.4) is 0 Å². The summed E-state index contributed by atoms with van der Waals surface area (Å²) in [6.07, 6.45) is 27.6. The number of Topliss-reactive ketones (excluding diaryl/α,β-unsaturated/α-hetero) is 2. The maximum absolute atomic E-state index is 11.8. The van der Waals surface area contributed by atoms with E-state index in [1.165, 1.54) is 96.3 Å². The van der Waals surface area contributed by atoms with Gasteiger partial charge in [-0.3, -0.25) is 9.59 Å². The van der Waals surface area contributed by atoms with Gasteiger partial charge in [-0.1, -0.05) is 129 Å². The number of carbonyl (C=O) groups excluding carboxylic acids is 2. The summed E-state index contributed by atoms with van der Waals surface area (Å²) in [5, 5.41) is 0. The SMILES string of the molecule is CCCCCCCCCCCCCCCCCCCC(=O)CC(=O)CCCCC. The van der Waals surface area contributed by atoms with Gasteiger partial charge >= 0.3 is 0 Å². The van der Waals surface area contributed by atoms with E-state index in [0.717, 1.165) is 32.1 Å². The van der Waals surface area contributed by atoms with E-state index in [-0.39, 0.29) is 18.0 Å². The zero-order valence-electron chi connectivity index (χ0n) is 20.1. The Morgan fingerprint density at radius 1 is 0.379 bits per heavy atom. The van der Waals surface area contributed by atoms with E-state index in [2.05, 4.69) is 13.8 Å². The average Bonchev–Trinajstić information content (AvgIpc) is 2.70. The van der Waals surface area contributed by atoms with Crippen molar-refractivity contribution in [2.75, 3.05) is 0 Å². The molecular weight excluding hydrogens is 356 g/mol. The molecular formula is C27H52O2. The van der Waals surface area contributed by atoms with Gasteiger partial charge in [0.05, 0.1) is 6.42 Å². The van der Waals surface area contributed by atoms with Gasteiger partial charge in [0, 0.05) is 12.8 Å². The van der Waals surface area contributed by atoms with Gasteiger partial charge in [0.2, 0.25) is 0 Å². The normalized spacial score (nSPS) is 11.1. The summed E-state index contributed by atoms with van der Waals surface area (Å²) < 4.78 is 0. The Hall–Kier alpha value is -0.660. The van der Waals surface area contributed by atoms with Gasteiger partial charge in [0.15, 0.2) is 0 Å². The summed E-state index contributed by atoms with van der Waals surface area (Å²) in [5.74, 6) is 0.308. The predicted octanol–water partition coefficient (Wildman–Crippen LogP) is 9.14. The number of carbonyl (C=O) groups is 2. The van der Waals surface area contributed by atoms with Gasteiger partial charge in [0.1, 0.15) is 11.6 Å². The molecule has 0 atom stereocenters. The smallest absolute Gasteiger partial charge is 0.140 e. The summed E-state index contributed by atoms with van der Waals surface area (Å²) in [4.78, 5) is 23.5. The number of hydrogen-bond donors (Lipinski definition) is 0. The van der Waals surface area contributed by atoms with Gasteiger partial charge in [-0.05, 0) is 12.8 Å². The Morgan fingerprint density at radius 2 is 0.621 bits per heavy atom. The summed E-state index contributed by atoms with van der Waals surface area (Å²) in [6.45, 7) is 4.41. The highest BCUT2D eigenvalue weighted by Crippen LogP contribution is 2.14. The second kappa shape index (κ2) is 23.6. The lowest BCUT2D eigenvalue weighted by Gasteiger charge is -2.04. The fraction of sp³-hybridized carbons (Fsp3) is 0.926. The zero-order valence-corrected chi connectivity index (χ0v) is 20.1. The summed E-state index contributed by atoms with van der Waals surface area (Å²) >= 11 is 0. The molecule has 0 spiro atoms. The van der Waals surface area contributed by atoms with Gasteiger partial charge in [-0.15, -0.1) is 0 Å². The molecule has 0 fully saturated rings. The molecule has 0 N–H and O–H groups in total. The van der Waals surface area contributed by atoms with Crippen LogP contribution in [0.2, 0.25) is 0 Å². The third-order valence-corrected chi connectivity index (χ3v) is 6.01. The van der Waals surface area contributed by atoms with Crippen molar-refractivity contribution in [3.63, 3.8) is 0 Å². The van der Waals surface area contributed by atoms with E-state index >= 15 is 0 Å². The number of unbranched alkanes of at least 4 members (excludes halogenated alkanes) is 18. The highest BCUT2D eigenvalue weighted by atomic mass is 16.1. The molecule has 0 aliphatic rings. The quantitative estimate of drug-likeness (QED) is 0.118. The molecule has 0 bridgehead atoms. The first-order chi connectivity index (χ1) is 14.2. The van der Waals surface area contributed by atoms with Gasteiger partial charge in [-0.2, -0.15) is 0 Å². The van der Waals surface area contributed by atoms with E-state index in [4.69, 9.17) is 0 Å². The second-order valence-corrected chi connectivity index (χ2v) is 9.12. The van der Waals surface area contributed by atoms with Crippen LogP contribution in [0.1, 0.15) is 162 Å². The van der Waals surface area contributed by atoms with Crippen LogP contribution in [0.5, 0.6) is 0 Å². The Kier molecular flexibility index (Phi) is 23.1. The molecule has 172 valence electrons. The minimum atomic E-state index is 0.149. The number of hydrogen-bond acceptors (Lipinski definition) is 2. The van der Waals surface area contributed by atoms with Crippen molar-refractivity contribution in [2.24, 2.45) is 0 Å². The van der Waals surface area contributed by atoms with Crippen molar-refractivity contribution in [3.05, 3.63) is 0 Å². The van der Waals surface area contributed by atoms with Crippen molar-refractivity contribution in [1.82, 2.24) is 0 Å². The fourth-order valence-electron chi connectivity index (χ4n) is 4.02. The van der Waals surface area contributed by atoms with Crippen LogP contribution in [-0.4, -0.2) is 11.6 Å². The molecule has 0 radical (unpaired) electrons. The molecule has 29 heavy (non-hydrogen) atoms. The first-order valence-corrected chi connectivity index (χ1v) is 13.2. The van der Waals surface area contributed by atoms with Crippen LogP contribution < -0.4 is 0 Å². The van der Waals surface area contributed by atoms with E-state index in [1.807, 2.05) is 0 Å². The molecule has 0 aliphatic carbocycles. The van der Waals surface area contributed by atoms with Gasteiger partial charge in [-0.25, -0.2) is 0 Å². The first kappa shape index (κ1) is 28.3. The third kappa shape index (κ3) is 23.5. The summed E-state index contributed by atoms with van der Waals surface area (Å²) in [6, 6.07) is 0. The van der Waals surface area contributed by atoms with Crippen molar-refractivity contribution in [1.29, 1.82) is 0 Å². The van der Waals surface area contributed by atoms with Crippen LogP contribution in [-0.2, 0) is 9.59 Å². The lowest BCUT2D eigenvalue weighted by molar-refractivity contribution is -0.127. The molecule has 0 unspecified atom stereocenters. The summed E-state index contributed by atoms with van der Waals surface area (Å²) in [7, 11) is 0. The molecule has 2 heteroatoms. The van der Waals surface area contributed by atoms with E-state index in [0.29, 0.717) is 12.8 Å². The Labute approximate surface area is 183 Å². The Bertz CT molecular complexity index is 362. The standard InChI is InChI=1S/C27H52O2/c1-3-5-7-8-9-10-11-12-13-14-15-16-17-18-19-20-22-24-27(29)25-26(28)23-21-6-4-2/h3-25H2,1-2H3. The van der Waals surface area contributed by atoms with Crippen LogP contribution >= 0.6 is 0 Å². The van der Waals surface area contributed by atoms with Crippen molar-refractivity contribution >= 4 is 11.6 Å². The molecule has 0 aliphatic heterocycles. The zero-order chi connectivity index (χ0) is 21.4. The van der Waals surface area contributed by atoms with E-state index in [9.17, 15) is 9.59 Å². The van der Waals surface area contributed by atoms with Gasteiger partial charge < -0.3 is 0 Å². The maximum atomic E-state index is 11.8. The highest BCUT2D eigenvalue weighted by molar-refractivity contribution is 5.98. The molecule has 0 heterocycles. The monoisotopic (exact) mass is 408 g/mol. The molecule has 0 rings (SSSR count). The molecule has 0 saturated carbocycles. The molecule has 0 saturated heterocycles. The highest BCUT2D eigenvalue weighted by Gasteiger charge is 2.08. The average molecular weight is 409 g/mol. The molecule has 0 aromatic carbocycles. The van der Waals surface area contributed by atoms with Crippen molar-refractivity contribution in [3.8, 4) is 0 Å². The van der Waals surface area contributed by atoms with Crippen LogP contribution in [0.15, 0.2) is 0 Å². The van der Waals surface area contributed by atoms with Crippen molar-refractivity contribution in [2.45, 2.75) is 162 Å². The van der Waals surface area contributed by atoms with E-state index < -0.39 is 0 Å². The van der Waals surface area contributed by atoms with Crippen molar-refractivity contribution < 1.29 is 9.59 Å². The molecule has 0 aromatic rings. The first-order valence-electron chi connectivity index (χ1n) is 13.2. The lowest BCUT2D eigenvalue weighted by atomic mass is 10.0. The predicted molar refractivity (Wildman–Crippen MR) is 128 cm³/mol. The minimum Gasteiger partial charge on any atom is -0.299 e. The third-order valence-electron chi connectivity index (χ3n) is 6.01. The molecule has 2 nitrogen and oxygen atoms in total. The Morgan fingerprint density at radius 3 is 0.966 bits per heavy atom. The van der Waals surface area contributed by atoms with Crippen LogP contribution in [0.25, 0.3) is 0 Å². The lowest BCUT2D eigenvalue weighted by Crippen LogP contribution is -2.07.